The topological polar surface area (TPSA) is 43.9 Å². The van der Waals surface area contributed by atoms with Crippen molar-refractivity contribution in [1.29, 1.82) is 0 Å². The highest BCUT2D eigenvalue weighted by Crippen LogP contribution is 2.39. The zero-order chi connectivity index (χ0) is 22.6. The third-order valence-electron chi connectivity index (χ3n) is 6.66. The van der Waals surface area contributed by atoms with Gasteiger partial charge in [0, 0.05) is 41.7 Å². The molecule has 2 aliphatic rings. The Hall–Kier alpha value is -2.00. The number of carbonyl (C=O) groups excluding carboxylic acids is 2. The first kappa shape index (κ1) is 23.2. The number of likely N-dealkylation sites (tertiary alicyclic amines) is 1. The highest BCUT2D eigenvalue weighted by Gasteiger charge is 2.53. The third-order valence-corrected chi connectivity index (χ3v) is 7.15. The van der Waals surface area contributed by atoms with E-state index in [1.165, 1.54) is 12.1 Å². The number of hydrogen-bond donors (Lipinski definition) is 0. The molecular weight excluding hydrogens is 520 g/mol. The van der Waals surface area contributed by atoms with Crippen LogP contribution in [0.1, 0.15) is 36.0 Å². The average molecular weight is 549 g/mol. The number of anilines is 1. The molecule has 0 bridgehead atoms. The molecule has 2 aromatic carbocycles. The maximum atomic E-state index is 13.4. The molecule has 2 aromatic rings. The first-order valence-electron chi connectivity index (χ1n) is 11.2. The molecule has 0 aromatic heterocycles. The van der Waals surface area contributed by atoms with E-state index in [4.69, 9.17) is 0 Å². The smallest absolute Gasteiger partial charge is 0.250 e. The molecule has 0 radical (unpaired) electrons. The number of nitrogens with zero attached hydrogens (tertiary/aromatic N) is 3. The van der Waals surface area contributed by atoms with Gasteiger partial charge < -0.3 is 14.7 Å². The Morgan fingerprint density at radius 1 is 1.00 bits per heavy atom. The number of benzene rings is 2. The van der Waals surface area contributed by atoms with Crippen molar-refractivity contribution < 1.29 is 14.0 Å². The molecule has 1 spiro atoms. The van der Waals surface area contributed by atoms with Gasteiger partial charge in [0.25, 0.3) is 0 Å². The molecular formula is C25H29FIN3O2. The molecule has 0 atom stereocenters. The van der Waals surface area contributed by atoms with Gasteiger partial charge in [-0.2, -0.15) is 0 Å². The highest BCUT2D eigenvalue weighted by atomic mass is 127. The third kappa shape index (κ3) is 4.83. The fourth-order valence-electron chi connectivity index (χ4n) is 4.86. The molecule has 0 aliphatic carbocycles. The van der Waals surface area contributed by atoms with Gasteiger partial charge in [-0.05, 0) is 62.2 Å². The lowest BCUT2D eigenvalue weighted by molar-refractivity contribution is -0.133. The lowest BCUT2D eigenvalue weighted by atomic mass is 9.85. The van der Waals surface area contributed by atoms with Crippen LogP contribution in [0.4, 0.5) is 10.1 Å². The van der Waals surface area contributed by atoms with Gasteiger partial charge in [-0.15, -0.1) is 0 Å². The number of para-hydroxylation sites is 1. The van der Waals surface area contributed by atoms with Crippen LogP contribution in [0, 0.1) is 5.82 Å². The number of ketones is 1. The minimum absolute atomic E-state index is 0.0501. The quantitative estimate of drug-likeness (QED) is 0.279. The minimum Gasteiger partial charge on any atom is -0.339 e. The zero-order valence-electron chi connectivity index (χ0n) is 18.2. The molecule has 2 saturated heterocycles. The number of Topliss-reactive ketones (excluding diaryl/α,β-unsaturated/α-hetero) is 1. The van der Waals surface area contributed by atoms with E-state index in [0.29, 0.717) is 18.7 Å². The predicted molar refractivity (Wildman–Crippen MR) is 133 cm³/mol. The molecule has 2 aliphatic heterocycles. The molecule has 5 nitrogen and oxygen atoms in total. The summed E-state index contributed by atoms with van der Waals surface area (Å²) in [5, 5.41) is 0. The maximum Gasteiger partial charge on any atom is 0.250 e. The number of piperidine rings is 1. The molecule has 0 unspecified atom stereocenters. The molecule has 1 amide bonds. The van der Waals surface area contributed by atoms with Gasteiger partial charge in [-0.3, -0.25) is 9.59 Å². The van der Waals surface area contributed by atoms with Gasteiger partial charge in [0.2, 0.25) is 5.91 Å². The van der Waals surface area contributed by atoms with E-state index in [-0.39, 0.29) is 17.5 Å². The maximum absolute atomic E-state index is 13.4. The van der Waals surface area contributed by atoms with Gasteiger partial charge in [0.1, 0.15) is 11.4 Å². The molecule has 4 rings (SSSR count). The Morgan fingerprint density at radius 3 is 2.34 bits per heavy atom. The summed E-state index contributed by atoms with van der Waals surface area (Å²) in [5.41, 5.74) is 1.21. The van der Waals surface area contributed by atoms with Crippen molar-refractivity contribution in [3.8, 4) is 0 Å². The van der Waals surface area contributed by atoms with Crippen molar-refractivity contribution in [3.63, 3.8) is 0 Å². The van der Waals surface area contributed by atoms with E-state index in [1.54, 1.807) is 12.1 Å². The van der Waals surface area contributed by atoms with Crippen LogP contribution in [0.2, 0.25) is 0 Å². The Bertz CT molecular complexity index is 930. The molecule has 2 fully saturated rings. The van der Waals surface area contributed by atoms with Crippen molar-refractivity contribution in [2.75, 3.05) is 42.2 Å². The standard InChI is InChI=1S/C25H29FIN3O2/c26-21-10-8-20(9-11-21)23(31)7-4-15-28-16-12-25(13-17-28)24(32)29(18-14-27)19-30(25)22-5-2-1-3-6-22/h1-3,5-6,8-11H,4,7,12-19H2. The predicted octanol–water partition coefficient (Wildman–Crippen LogP) is 4.36. The first-order valence-corrected chi connectivity index (χ1v) is 12.8. The van der Waals surface area contributed by atoms with Crippen molar-refractivity contribution in [1.82, 2.24) is 9.80 Å². The number of hydrogen-bond acceptors (Lipinski definition) is 4. The summed E-state index contributed by atoms with van der Waals surface area (Å²) in [6.45, 7) is 3.95. The van der Waals surface area contributed by atoms with Crippen LogP contribution in [0.3, 0.4) is 0 Å². The van der Waals surface area contributed by atoms with Gasteiger partial charge in [0.05, 0.1) is 6.67 Å². The fraction of sp³-hybridized carbons (Fsp3) is 0.440. The van der Waals surface area contributed by atoms with Crippen molar-refractivity contribution in [3.05, 3.63) is 66.0 Å². The summed E-state index contributed by atoms with van der Waals surface area (Å²) in [7, 11) is 0. The number of rotatable bonds is 8. The molecule has 170 valence electrons. The minimum atomic E-state index is -0.465. The Kier molecular flexibility index (Phi) is 7.45. The van der Waals surface area contributed by atoms with Crippen molar-refractivity contribution in [2.24, 2.45) is 0 Å². The van der Waals surface area contributed by atoms with Gasteiger partial charge in [0.15, 0.2) is 5.78 Å². The van der Waals surface area contributed by atoms with Gasteiger partial charge in [-0.25, -0.2) is 4.39 Å². The van der Waals surface area contributed by atoms with Crippen LogP contribution < -0.4 is 4.90 Å². The van der Waals surface area contributed by atoms with Crippen LogP contribution in [0.25, 0.3) is 0 Å². The van der Waals surface area contributed by atoms with E-state index in [2.05, 4.69) is 44.5 Å². The van der Waals surface area contributed by atoms with Gasteiger partial charge >= 0.3 is 0 Å². The van der Waals surface area contributed by atoms with Gasteiger partial charge in [-0.1, -0.05) is 40.8 Å². The van der Waals surface area contributed by atoms with E-state index >= 15 is 0 Å². The van der Waals surface area contributed by atoms with E-state index in [0.717, 1.165) is 55.6 Å². The van der Waals surface area contributed by atoms with E-state index in [9.17, 15) is 14.0 Å². The van der Waals surface area contributed by atoms with Crippen molar-refractivity contribution >= 4 is 40.0 Å². The summed E-state index contributed by atoms with van der Waals surface area (Å²) < 4.78 is 14.0. The largest absolute Gasteiger partial charge is 0.339 e. The second-order valence-electron chi connectivity index (χ2n) is 8.57. The molecule has 32 heavy (non-hydrogen) atoms. The number of halogens is 2. The van der Waals surface area contributed by atoms with Crippen molar-refractivity contribution in [2.45, 2.75) is 31.2 Å². The summed E-state index contributed by atoms with van der Waals surface area (Å²) in [5.74, 6) is -0.0230. The Balaban J connectivity index is 1.35. The summed E-state index contributed by atoms with van der Waals surface area (Å²) >= 11 is 2.33. The van der Waals surface area contributed by atoms with E-state index in [1.807, 2.05) is 23.1 Å². The number of carbonyl (C=O) groups is 2. The second kappa shape index (κ2) is 10.3. The summed E-state index contributed by atoms with van der Waals surface area (Å²) in [6, 6.07) is 16.0. The second-order valence-corrected chi connectivity index (χ2v) is 9.65. The molecule has 0 saturated carbocycles. The normalized spacial score (nSPS) is 18.5. The summed E-state index contributed by atoms with van der Waals surface area (Å²) in [4.78, 5) is 32.4. The number of amides is 1. The van der Waals surface area contributed by atoms with Crippen LogP contribution >= 0.6 is 22.6 Å². The Morgan fingerprint density at radius 2 is 1.69 bits per heavy atom. The monoisotopic (exact) mass is 549 g/mol. The highest BCUT2D eigenvalue weighted by molar-refractivity contribution is 14.1. The van der Waals surface area contributed by atoms with Crippen LogP contribution in [0.15, 0.2) is 54.6 Å². The SMILES string of the molecule is O=C(CCCN1CCC2(CC1)C(=O)N(CCI)CN2c1ccccc1)c1ccc(F)cc1. The lowest BCUT2D eigenvalue weighted by Crippen LogP contribution is -2.56. The van der Waals surface area contributed by atoms with E-state index < -0.39 is 5.54 Å². The number of alkyl halides is 1. The average Bonchev–Trinajstić information content (AvgIpc) is 3.08. The van der Waals surface area contributed by atoms with Crippen LogP contribution in [-0.2, 0) is 4.79 Å². The zero-order valence-corrected chi connectivity index (χ0v) is 20.3. The molecule has 2 heterocycles. The first-order chi connectivity index (χ1) is 15.5. The fourth-order valence-corrected chi connectivity index (χ4v) is 5.45. The molecule has 0 N–H and O–H groups in total. The van der Waals surface area contributed by atoms with Crippen LogP contribution in [0.5, 0.6) is 0 Å². The lowest BCUT2D eigenvalue weighted by Gasteiger charge is -2.43. The molecule has 7 heteroatoms. The Labute approximate surface area is 202 Å². The van der Waals surface area contributed by atoms with Crippen LogP contribution in [-0.4, -0.2) is 64.3 Å². The summed E-state index contributed by atoms with van der Waals surface area (Å²) in [6.07, 6.45) is 2.81.